The largest absolute Gasteiger partial charge is 0.496 e. The van der Waals surface area contributed by atoms with E-state index in [1.807, 2.05) is 0 Å². The molecular weight excluding hydrogens is 344 g/mol. The summed E-state index contributed by atoms with van der Waals surface area (Å²) in [5.41, 5.74) is 1.11. The molecule has 25 heavy (non-hydrogen) atoms. The minimum Gasteiger partial charge on any atom is -0.496 e. The highest BCUT2D eigenvalue weighted by molar-refractivity contribution is 7.12. The fourth-order valence-electron chi connectivity index (χ4n) is 2.46. The van der Waals surface area contributed by atoms with Gasteiger partial charge in [-0.3, -0.25) is 9.59 Å². The lowest BCUT2D eigenvalue weighted by atomic mass is 10.1. The lowest BCUT2D eigenvalue weighted by Crippen LogP contribution is -2.23. The van der Waals surface area contributed by atoms with Crippen LogP contribution in [0, 0.1) is 0 Å². The highest BCUT2D eigenvalue weighted by atomic mass is 32.1. The van der Waals surface area contributed by atoms with Crippen LogP contribution in [-0.2, 0) is 9.53 Å². The van der Waals surface area contributed by atoms with E-state index in [1.54, 1.807) is 23.6 Å². The number of ketones is 1. The molecule has 3 aromatic rings. The first-order chi connectivity index (χ1) is 12.1. The second-order valence-corrected chi connectivity index (χ2v) is 5.94. The second-order valence-electron chi connectivity index (χ2n) is 5.02. The van der Waals surface area contributed by atoms with Crippen molar-refractivity contribution in [2.24, 2.45) is 0 Å². The second kappa shape index (κ2) is 6.78. The van der Waals surface area contributed by atoms with E-state index in [9.17, 15) is 14.4 Å². The van der Waals surface area contributed by atoms with Crippen molar-refractivity contribution in [2.75, 3.05) is 19.5 Å². The van der Waals surface area contributed by atoms with Crippen LogP contribution >= 0.6 is 11.3 Å². The Bertz CT molecular complexity index is 972. The molecule has 0 saturated carbocycles. The number of aromatic amines is 1. The minimum atomic E-state index is -0.852. The van der Waals surface area contributed by atoms with Gasteiger partial charge in [0.05, 0.1) is 30.9 Å². The SMILES string of the molecule is COC(=O)c1sccc1NC(=O)C(=O)c1c[nH]c2cccc(OC)c12. The molecular formula is C17H14N2O5S. The van der Waals surface area contributed by atoms with Crippen LogP contribution in [0.4, 0.5) is 5.69 Å². The average Bonchev–Trinajstić information content (AvgIpc) is 3.26. The monoisotopic (exact) mass is 358 g/mol. The molecule has 0 spiro atoms. The molecule has 0 atom stereocenters. The van der Waals surface area contributed by atoms with Crippen LogP contribution < -0.4 is 10.1 Å². The molecule has 2 aromatic heterocycles. The zero-order chi connectivity index (χ0) is 18.0. The Morgan fingerprint density at radius 2 is 1.96 bits per heavy atom. The van der Waals surface area contributed by atoms with Crippen molar-refractivity contribution < 1.29 is 23.9 Å². The third kappa shape index (κ3) is 2.99. The molecule has 7 nitrogen and oxygen atoms in total. The number of hydrogen-bond donors (Lipinski definition) is 2. The zero-order valence-electron chi connectivity index (χ0n) is 13.4. The van der Waals surface area contributed by atoms with Crippen molar-refractivity contribution in [3.63, 3.8) is 0 Å². The highest BCUT2D eigenvalue weighted by Gasteiger charge is 2.24. The van der Waals surface area contributed by atoms with Gasteiger partial charge in [-0.25, -0.2) is 4.79 Å². The predicted octanol–water partition coefficient (Wildman–Crippen LogP) is 2.85. The molecule has 0 unspecified atom stereocenters. The number of rotatable bonds is 5. The van der Waals surface area contributed by atoms with Crippen molar-refractivity contribution in [3.8, 4) is 5.75 Å². The van der Waals surface area contributed by atoms with Gasteiger partial charge in [-0.1, -0.05) is 6.07 Å². The van der Waals surface area contributed by atoms with E-state index < -0.39 is 17.7 Å². The van der Waals surface area contributed by atoms with Crippen molar-refractivity contribution in [3.05, 3.63) is 46.3 Å². The van der Waals surface area contributed by atoms with Crippen molar-refractivity contribution in [1.82, 2.24) is 4.98 Å². The summed E-state index contributed by atoms with van der Waals surface area (Å²) in [4.78, 5) is 39.7. The molecule has 128 valence electrons. The first kappa shape index (κ1) is 16.7. The fraction of sp³-hybridized carbons (Fsp3) is 0.118. The van der Waals surface area contributed by atoms with Gasteiger partial charge in [0.15, 0.2) is 0 Å². The first-order valence-electron chi connectivity index (χ1n) is 7.22. The number of nitrogens with one attached hydrogen (secondary N) is 2. The summed E-state index contributed by atoms with van der Waals surface area (Å²) in [6, 6.07) is 6.80. The summed E-state index contributed by atoms with van der Waals surface area (Å²) in [6.45, 7) is 0. The van der Waals surface area contributed by atoms with Crippen molar-refractivity contribution in [1.29, 1.82) is 0 Å². The minimum absolute atomic E-state index is 0.194. The molecule has 0 saturated heterocycles. The maximum Gasteiger partial charge on any atom is 0.350 e. The summed E-state index contributed by atoms with van der Waals surface area (Å²) < 4.78 is 9.92. The Morgan fingerprint density at radius 3 is 2.68 bits per heavy atom. The molecule has 2 N–H and O–H groups in total. The van der Waals surface area contributed by atoms with Gasteiger partial charge in [0, 0.05) is 11.7 Å². The number of carbonyl (C=O) groups is 3. The van der Waals surface area contributed by atoms with Gasteiger partial charge in [-0.2, -0.15) is 0 Å². The summed E-state index contributed by atoms with van der Waals surface area (Å²) >= 11 is 1.12. The van der Waals surface area contributed by atoms with Crippen LogP contribution in [0.15, 0.2) is 35.8 Å². The van der Waals surface area contributed by atoms with Gasteiger partial charge in [0.25, 0.3) is 11.7 Å². The van der Waals surface area contributed by atoms with E-state index in [2.05, 4.69) is 15.0 Å². The molecule has 0 radical (unpaired) electrons. The first-order valence-corrected chi connectivity index (χ1v) is 8.10. The predicted molar refractivity (Wildman–Crippen MR) is 93.5 cm³/mol. The van der Waals surface area contributed by atoms with Crippen LogP contribution in [-0.4, -0.2) is 36.9 Å². The number of carbonyl (C=O) groups excluding carboxylic acids is 3. The number of Topliss-reactive ketones (excluding diaryl/α,β-unsaturated/α-hetero) is 1. The van der Waals surface area contributed by atoms with Crippen molar-refractivity contribution in [2.45, 2.75) is 0 Å². The highest BCUT2D eigenvalue weighted by Crippen LogP contribution is 2.29. The van der Waals surface area contributed by atoms with Gasteiger partial charge in [0.2, 0.25) is 0 Å². The number of hydrogen-bond acceptors (Lipinski definition) is 6. The molecule has 0 bridgehead atoms. The Morgan fingerprint density at radius 1 is 1.16 bits per heavy atom. The van der Waals surface area contributed by atoms with Gasteiger partial charge in [-0.15, -0.1) is 11.3 Å². The van der Waals surface area contributed by atoms with Gasteiger partial charge in [0.1, 0.15) is 10.6 Å². The summed E-state index contributed by atoms with van der Waals surface area (Å²) in [5, 5.41) is 4.62. The molecule has 0 aliphatic carbocycles. The maximum atomic E-state index is 12.6. The Labute approximate surface area is 146 Å². The van der Waals surface area contributed by atoms with Gasteiger partial charge >= 0.3 is 5.97 Å². The van der Waals surface area contributed by atoms with E-state index in [-0.39, 0.29) is 16.1 Å². The number of anilines is 1. The van der Waals surface area contributed by atoms with E-state index >= 15 is 0 Å². The van der Waals surface area contributed by atoms with Crippen LogP contribution in [0.25, 0.3) is 10.9 Å². The van der Waals surface area contributed by atoms with E-state index in [0.717, 1.165) is 11.3 Å². The number of aromatic nitrogens is 1. The van der Waals surface area contributed by atoms with Crippen LogP contribution in [0.2, 0.25) is 0 Å². The Balaban J connectivity index is 1.91. The zero-order valence-corrected chi connectivity index (χ0v) is 14.2. The Hall–Kier alpha value is -3.13. The number of amides is 1. The maximum absolute atomic E-state index is 12.6. The molecule has 1 aromatic carbocycles. The summed E-state index contributed by atoms with van der Waals surface area (Å²) in [7, 11) is 2.74. The topological polar surface area (TPSA) is 97.5 Å². The number of benzene rings is 1. The Kier molecular flexibility index (Phi) is 4.53. The third-order valence-electron chi connectivity index (χ3n) is 3.62. The van der Waals surface area contributed by atoms with Crippen LogP contribution in [0.1, 0.15) is 20.0 Å². The van der Waals surface area contributed by atoms with E-state index in [1.165, 1.54) is 26.5 Å². The lowest BCUT2D eigenvalue weighted by molar-refractivity contribution is -0.112. The third-order valence-corrected chi connectivity index (χ3v) is 4.52. The number of H-pyrrole nitrogens is 1. The van der Waals surface area contributed by atoms with Crippen LogP contribution in [0.3, 0.4) is 0 Å². The summed E-state index contributed by atoms with van der Waals surface area (Å²) in [5.74, 6) is -1.68. The molecule has 8 heteroatoms. The molecule has 1 amide bonds. The normalized spacial score (nSPS) is 10.5. The average molecular weight is 358 g/mol. The standard InChI is InChI=1S/C17H14N2O5S/c1-23-12-5-3-4-10-13(12)9(8-18-10)14(20)16(21)19-11-6-7-25-15(11)17(22)24-2/h3-8,18H,1-2H3,(H,19,21). The van der Waals surface area contributed by atoms with Crippen LogP contribution in [0.5, 0.6) is 5.75 Å². The fourth-order valence-corrected chi connectivity index (χ4v) is 3.23. The lowest BCUT2D eigenvalue weighted by Gasteiger charge is -2.06. The number of methoxy groups -OCH3 is 2. The van der Waals surface area contributed by atoms with E-state index in [0.29, 0.717) is 16.7 Å². The molecule has 3 rings (SSSR count). The number of fused-ring (bicyclic) bond motifs is 1. The number of thiophene rings is 1. The number of esters is 1. The number of ether oxygens (including phenoxy) is 2. The van der Waals surface area contributed by atoms with E-state index in [4.69, 9.17) is 4.74 Å². The smallest absolute Gasteiger partial charge is 0.350 e. The quantitative estimate of drug-likeness (QED) is 0.415. The van der Waals surface area contributed by atoms with Crippen molar-refractivity contribution >= 4 is 45.6 Å². The summed E-state index contributed by atoms with van der Waals surface area (Å²) in [6.07, 6.45) is 1.46. The molecule has 2 heterocycles. The van der Waals surface area contributed by atoms with Gasteiger partial charge in [-0.05, 0) is 23.6 Å². The molecule has 0 fully saturated rings. The molecule has 0 aliphatic heterocycles. The molecule has 0 aliphatic rings. The van der Waals surface area contributed by atoms with Gasteiger partial charge < -0.3 is 19.8 Å².